The Kier molecular flexibility index (Phi) is 3.33. The predicted molar refractivity (Wildman–Crippen MR) is 65.5 cm³/mol. The molecule has 3 N–H and O–H groups in total. The summed E-state index contributed by atoms with van der Waals surface area (Å²) in [5.74, 6) is -0.156. The minimum absolute atomic E-state index is 0.156. The van der Waals surface area contributed by atoms with E-state index in [1.807, 2.05) is 0 Å². The van der Waals surface area contributed by atoms with Crippen molar-refractivity contribution >= 4 is 5.69 Å². The van der Waals surface area contributed by atoms with Crippen molar-refractivity contribution in [1.82, 2.24) is 5.48 Å². The van der Waals surface area contributed by atoms with Gasteiger partial charge >= 0.3 is 0 Å². The van der Waals surface area contributed by atoms with Crippen LogP contribution in [-0.4, -0.2) is 11.8 Å². The molecule has 1 aromatic rings. The highest BCUT2D eigenvalue weighted by molar-refractivity contribution is 5.50. The van der Waals surface area contributed by atoms with Crippen LogP contribution in [0.5, 0.6) is 0 Å². The van der Waals surface area contributed by atoms with Crippen LogP contribution in [0.15, 0.2) is 23.4 Å². The molecule has 17 heavy (non-hydrogen) atoms. The number of nitrogens with one attached hydrogen (secondary N) is 2. The van der Waals surface area contributed by atoms with Crippen LogP contribution in [0, 0.1) is 19.7 Å². The molecule has 0 spiro atoms. The fraction of sp³-hybridized carbons (Fsp3) is 0.385. The summed E-state index contributed by atoms with van der Waals surface area (Å²) < 4.78 is 13.4. The van der Waals surface area contributed by atoms with Crippen LogP contribution in [0.3, 0.4) is 0 Å². The van der Waals surface area contributed by atoms with Gasteiger partial charge < -0.3 is 5.32 Å². The molecule has 92 valence electrons. The monoisotopic (exact) mass is 236 g/mol. The highest BCUT2D eigenvalue weighted by atomic mass is 19.1. The number of allylic oxidation sites excluding steroid dienone is 1. The SMILES string of the molecule is Cc1cc(NCC(NO)=C2CC2)cc(C)c1F. The van der Waals surface area contributed by atoms with Gasteiger partial charge in [-0.1, -0.05) is 0 Å². The quantitative estimate of drug-likeness (QED) is 0.704. The van der Waals surface area contributed by atoms with E-state index in [1.54, 1.807) is 26.0 Å². The van der Waals surface area contributed by atoms with Crippen LogP contribution >= 0.6 is 0 Å². The first-order valence-electron chi connectivity index (χ1n) is 5.73. The Balaban J connectivity index is 2.07. The average molecular weight is 236 g/mol. The van der Waals surface area contributed by atoms with Crippen molar-refractivity contribution in [2.75, 3.05) is 11.9 Å². The van der Waals surface area contributed by atoms with Gasteiger partial charge in [0.05, 0.1) is 12.2 Å². The van der Waals surface area contributed by atoms with Crippen molar-refractivity contribution < 1.29 is 9.60 Å². The molecule has 1 saturated carbocycles. The Morgan fingerprint density at radius 3 is 2.35 bits per heavy atom. The van der Waals surface area contributed by atoms with Crippen LogP contribution in [0.4, 0.5) is 10.1 Å². The molecule has 1 aliphatic carbocycles. The van der Waals surface area contributed by atoms with Gasteiger partial charge in [0.25, 0.3) is 0 Å². The number of anilines is 1. The molecule has 0 heterocycles. The van der Waals surface area contributed by atoms with Gasteiger partial charge in [-0.2, -0.15) is 0 Å². The summed E-state index contributed by atoms with van der Waals surface area (Å²) in [6.45, 7) is 4.03. The number of aryl methyl sites for hydroxylation is 2. The van der Waals surface area contributed by atoms with Crippen molar-refractivity contribution in [2.24, 2.45) is 0 Å². The van der Waals surface area contributed by atoms with E-state index in [9.17, 15) is 4.39 Å². The summed E-state index contributed by atoms with van der Waals surface area (Å²) in [7, 11) is 0. The third-order valence-corrected chi connectivity index (χ3v) is 2.97. The van der Waals surface area contributed by atoms with Crippen LogP contribution in [0.2, 0.25) is 0 Å². The first-order chi connectivity index (χ1) is 8.11. The van der Waals surface area contributed by atoms with E-state index in [1.165, 1.54) is 5.57 Å². The summed E-state index contributed by atoms with van der Waals surface area (Å²) in [6, 6.07) is 3.55. The van der Waals surface area contributed by atoms with Gasteiger partial charge in [-0.15, -0.1) is 0 Å². The highest BCUT2D eigenvalue weighted by Crippen LogP contribution is 2.30. The number of halogens is 1. The van der Waals surface area contributed by atoms with Gasteiger partial charge in [0.15, 0.2) is 0 Å². The summed E-state index contributed by atoms with van der Waals surface area (Å²) in [5, 5.41) is 12.1. The second kappa shape index (κ2) is 4.75. The highest BCUT2D eigenvalue weighted by Gasteiger charge is 2.17. The second-order valence-electron chi connectivity index (χ2n) is 4.47. The van der Waals surface area contributed by atoms with Gasteiger partial charge in [-0.3, -0.25) is 10.7 Å². The average Bonchev–Trinajstić information content (AvgIpc) is 3.11. The molecular weight excluding hydrogens is 219 g/mol. The zero-order chi connectivity index (χ0) is 12.4. The van der Waals surface area contributed by atoms with Crippen LogP contribution < -0.4 is 10.8 Å². The Morgan fingerprint density at radius 2 is 1.88 bits per heavy atom. The maximum Gasteiger partial charge on any atom is 0.129 e. The Hall–Kier alpha value is -1.55. The lowest BCUT2D eigenvalue weighted by Crippen LogP contribution is -2.16. The largest absolute Gasteiger partial charge is 0.379 e. The minimum atomic E-state index is -0.156. The lowest BCUT2D eigenvalue weighted by atomic mass is 10.1. The summed E-state index contributed by atoms with van der Waals surface area (Å²) in [4.78, 5) is 0. The molecule has 2 rings (SSSR count). The Bertz CT molecular complexity index is 439. The fourth-order valence-corrected chi connectivity index (χ4v) is 1.85. The number of hydrogen-bond acceptors (Lipinski definition) is 3. The van der Waals surface area contributed by atoms with Crippen LogP contribution in [0.1, 0.15) is 24.0 Å². The van der Waals surface area contributed by atoms with E-state index in [0.717, 1.165) is 24.2 Å². The summed E-state index contributed by atoms with van der Waals surface area (Å²) in [6.07, 6.45) is 2.10. The molecule has 0 bridgehead atoms. The first kappa shape index (κ1) is 11.9. The first-order valence-corrected chi connectivity index (χ1v) is 5.73. The maximum atomic E-state index is 13.4. The van der Waals surface area contributed by atoms with Crippen molar-refractivity contribution in [2.45, 2.75) is 26.7 Å². The predicted octanol–water partition coefficient (Wildman–Crippen LogP) is 2.88. The van der Waals surface area contributed by atoms with E-state index in [-0.39, 0.29) is 5.82 Å². The molecule has 0 aromatic heterocycles. The van der Waals surface area contributed by atoms with Crippen molar-refractivity contribution in [1.29, 1.82) is 0 Å². The third kappa shape index (κ3) is 2.77. The molecular formula is C13H17FN2O. The molecule has 3 nitrogen and oxygen atoms in total. The summed E-state index contributed by atoms with van der Waals surface area (Å²) >= 11 is 0. The number of benzene rings is 1. The zero-order valence-electron chi connectivity index (χ0n) is 10.1. The molecule has 0 unspecified atom stereocenters. The molecule has 0 radical (unpaired) electrons. The Morgan fingerprint density at radius 1 is 1.29 bits per heavy atom. The third-order valence-electron chi connectivity index (χ3n) is 2.97. The molecule has 0 aliphatic heterocycles. The smallest absolute Gasteiger partial charge is 0.129 e. The molecule has 1 aromatic carbocycles. The number of hydroxylamine groups is 1. The van der Waals surface area contributed by atoms with Gasteiger partial charge in [-0.05, 0) is 55.5 Å². The molecule has 0 saturated heterocycles. The molecule has 1 fully saturated rings. The van der Waals surface area contributed by atoms with Gasteiger partial charge in [0.1, 0.15) is 5.82 Å². The Labute approximate surface area is 100 Å². The lowest BCUT2D eigenvalue weighted by molar-refractivity contribution is 0.199. The van der Waals surface area contributed by atoms with E-state index < -0.39 is 0 Å². The number of rotatable bonds is 4. The zero-order valence-corrected chi connectivity index (χ0v) is 10.1. The topological polar surface area (TPSA) is 44.3 Å². The van der Waals surface area contributed by atoms with Gasteiger partial charge in [-0.25, -0.2) is 4.39 Å². The van der Waals surface area contributed by atoms with Crippen LogP contribution in [-0.2, 0) is 0 Å². The fourth-order valence-electron chi connectivity index (χ4n) is 1.85. The second-order valence-corrected chi connectivity index (χ2v) is 4.47. The van der Waals surface area contributed by atoms with Gasteiger partial charge in [0, 0.05) is 5.69 Å². The van der Waals surface area contributed by atoms with Crippen molar-refractivity contribution in [3.63, 3.8) is 0 Å². The van der Waals surface area contributed by atoms with Crippen LogP contribution in [0.25, 0.3) is 0 Å². The minimum Gasteiger partial charge on any atom is -0.379 e. The molecule has 4 heteroatoms. The van der Waals surface area contributed by atoms with E-state index in [4.69, 9.17) is 5.21 Å². The molecule has 0 atom stereocenters. The van der Waals surface area contributed by atoms with E-state index in [0.29, 0.717) is 17.7 Å². The normalized spacial score (nSPS) is 13.5. The standard InChI is InChI=1S/C13H17FN2O/c1-8-5-11(6-9(2)13(8)14)15-7-12(16-17)10-3-4-10/h5-6,15-17H,3-4,7H2,1-2H3. The summed E-state index contributed by atoms with van der Waals surface area (Å²) in [5.41, 5.74) is 6.42. The maximum absolute atomic E-state index is 13.4. The van der Waals surface area contributed by atoms with Gasteiger partial charge in [0.2, 0.25) is 0 Å². The van der Waals surface area contributed by atoms with E-state index >= 15 is 0 Å². The van der Waals surface area contributed by atoms with Crippen molar-refractivity contribution in [3.05, 3.63) is 40.3 Å². The van der Waals surface area contributed by atoms with Crippen molar-refractivity contribution in [3.8, 4) is 0 Å². The molecule has 1 aliphatic rings. The molecule has 0 amide bonds. The number of hydrogen-bond donors (Lipinski definition) is 3. The lowest BCUT2D eigenvalue weighted by Gasteiger charge is -2.11. The van der Waals surface area contributed by atoms with E-state index in [2.05, 4.69) is 10.8 Å².